The van der Waals surface area contributed by atoms with Crippen molar-refractivity contribution in [2.24, 2.45) is 17.6 Å². The Morgan fingerprint density at radius 1 is 1.27 bits per heavy atom. The van der Waals surface area contributed by atoms with E-state index in [1.54, 1.807) is 32.8 Å². The van der Waals surface area contributed by atoms with Crippen LogP contribution in [-0.4, -0.2) is 66.4 Å². The summed E-state index contributed by atoms with van der Waals surface area (Å²) in [4.78, 5) is 39.1. The number of benzene rings is 1. The molecule has 1 aromatic carbocycles. The minimum Gasteiger partial charge on any atom is -0.493 e. The summed E-state index contributed by atoms with van der Waals surface area (Å²) in [5, 5.41) is 2.54. The fourth-order valence-corrected chi connectivity index (χ4v) is 5.72. The number of fused-ring (bicyclic) bond motifs is 4. The third kappa shape index (κ3) is 5.79. The Morgan fingerprint density at radius 2 is 2.00 bits per heavy atom. The molecule has 3 heterocycles. The maximum atomic E-state index is 13.4. The second kappa shape index (κ2) is 10.0. The number of methoxy groups -OCH3 is 1. The number of para-hydroxylation sites is 1. The van der Waals surface area contributed by atoms with E-state index >= 15 is 0 Å². The second-order valence-electron chi connectivity index (χ2n) is 11.7. The number of amides is 3. The average molecular weight is 518 g/mol. The van der Waals surface area contributed by atoms with Gasteiger partial charge in [-0.1, -0.05) is 12.1 Å². The molecule has 3 aliphatic heterocycles. The molecule has 204 valence electrons. The summed E-state index contributed by atoms with van der Waals surface area (Å²) < 4.78 is 23.9. The fourth-order valence-electron chi connectivity index (χ4n) is 5.72. The summed E-state index contributed by atoms with van der Waals surface area (Å²) in [6.07, 6.45) is 0.240. The first kappa shape index (κ1) is 27.0. The number of carbonyl (C=O) groups excluding carboxylic acids is 3. The van der Waals surface area contributed by atoms with Gasteiger partial charge in [-0.25, -0.2) is 4.79 Å². The maximum absolute atomic E-state index is 13.4. The highest BCUT2D eigenvalue weighted by Crippen LogP contribution is 2.55. The third-order valence-electron chi connectivity index (χ3n) is 7.41. The molecule has 0 spiro atoms. The van der Waals surface area contributed by atoms with Gasteiger partial charge in [0.15, 0.2) is 11.5 Å². The summed E-state index contributed by atoms with van der Waals surface area (Å²) in [7, 11) is 1.63. The van der Waals surface area contributed by atoms with Gasteiger partial charge < -0.3 is 34.9 Å². The zero-order valence-corrected chi connectivity index (χ0v) is 22.5. The Labute approximate surface area is 218 Å². The van der Waals surface area contributed by atoms with Crippen LogP contribution in [0.25, 0.3) is 0 Å². The van der Waals surface area contributed by atoms with E-state index in [2.05, 4.69) is 19.2 Å². The van der Waals surface area contributed by atoms with Crippen molar-refractivity contribution in [1.82, 2.24) is 10.2 Å². The van der Waals surface area contributed by atoms with E-state index in [4.69, 9.17) is 24.7 Å². The molecule has 2 saturated heterocycles. The second-order valence-corrected chi connectivity index (χ2v) is 11.7. The van der Waals surface area contributed by atoms with E-state index in [-0.39, 0.29) is 36.4 Å². The summed E-state index contributed by atoms with van der Waals surface area (Å²) in [5.74, 6) is 0.551. The van der Waals surface area contributed by atoms with Crippen molar-refractivity contribution in [2.45, 2.75) is 83.3 Å². The zero-order valence-electron chi connectivity index (χ0n) is 22.5. The van der Waals surface area contributed by atoms with Crippen LogP contribution in [0.4, 0.5) is 4.79 Å². The number of nitrogens with two attached hydrogens (primary N) is 1. The Balaban J connectivity index is 1.49. The van der Waals surface area contributed by atoms with Crippen molar-refractivity contribution in [1.29, 1.82) is 0 Å². The highest BCUT2D eigenvalue weighted by molar-refractivity contribution is 5.90. The molecule has 0 aliphatic carbocycles. The molecule has 3 N–H and O–H groups in total. The molecule has 4 rings (SSSR count). The summed E-state index contributed by atoms with van der Waals surface area (Å²) >= 11 is 0. The molecule has 5 atom stereocenters. The Kier molecular flexibility index (Phi) is 7.34. The SMILES string of the molecule is COc1cccc2c1OC(C)(C)[C@@H]1C[C@H]3CN(C(=O)[C@H](CC(N)=O)NC(=O)OC(C)(C)C)CC[C@H]3O[C@@H]21. The van der Waals surface area contributed by atoms with Crippen molar-refractivity contribution in [3.8, 4) is 11.5 Å². The lowest BCUT2D eigenvalue weighted by Crippen LogP contribution is -2.58. The van der Waals surface area contributed by atoms with Gasteiger partial charge in [-0.05, 0) is 53.5 Å². The smallest absolute Gasteiger partial charge is 0.408 e. The van der Waals surface area contributed by atoms with Crippen LogP contribution in [0.5, 0.6) is 11.5 Å². The molecule has 10 heteroatoms. The molecule has 0 radical (unpaired) electrons. The first-order valence-electron chi connectivity index (χ1n) is 12.9. The molecule has 2 fully saturated rings. The van der Waals surface area contributed by atoms with E-state index in [9.17, 15) is 14.4 Å². The summed E-state index contributed by atoms with van der Waals surface area (Å²) in [6, 6.07) is 4.78. The molecule has 0 saturated carbocycles. The normalized spacial score (nSPS) is 26.9. The van der Waals surface area contributed by atoms with Crippen molar-refractivity contribution in [3.63, 3.8) is 0 Å². The topological polar surface area (TPSA) is 129 Å². The number of nitrogens with one attached hydrogen (secondary N) is 1. The molecule has 3 amide bonds. The molecule has 0 aromatic heterocycles. The van der Waals surface area contributed by atoms with E-state index in [0.29, 0.717) is 25.3 Å². The Hall–Kier alpha value is -3.01. The lowest BCUT2D eigenvalue weighted by Gasteiger charge is -2.53. The first-order chi connectivity index (χ1) is 17.3. The van der Waals surface area contributed by atoms with Crippen molar-refractivity contribution in [3.05, 3.63) is 23.8 Å². The lowest BCUT2D eigenvalue weighted by molar-refractivity contribution is -0.189. The van der Waals surface area contributed by atoms with E-state index in [1.807, 2.05) is 18.2 Å². The number of likely N-dealkylation sites (tertiary alicyclic amines) is 1. The van der Waals surface area contributed by atoms with Crippen molar-refractivity contribution in [2.75, 3.05) is 20.2 Å². The number of alkyl carbamates (subject to hydrolysis) is 1. The fraction of sp³-hybridized carbons (Fsp3) is 0.667. The van der Waals surface area contributed by atoms with Crippen LogP contribution in [0.1, 0.15) is 65.5 Å². The van der Waals surface area contributed by atoms with Gasteiger partial charge in [-0.3, -0.25) is 9.59 Å². The average Bonchev–Trinajstić information content (AvgIpc) is 2.80. The number of piperidine rings is 1. The van der Waals surface area contributed by atoms with Crippen LogP contribution >= 0.6 is 0 Å². The first-order valence-corrected chi connectivity index (χ1v) is 12.9. The lowest BCUT2D eigenvalue weighted by atomic mass is 9.70. The van der Waals surface area contributed by atoms with Gasteiger partial charge in [0.05, 0.1) is 25.7 Å². The predicted molar refractivity (Wildman–Crippen MR) is 135 cm³/mol. The number of hydrogen-bond donors (Lipinski definition) is 2. The van der Waals surface area contributed by atoms with Gasteiger partial charge in [0, 0.05) is 30.5 Å². The summed E-state index contributed by atoms with van der Waals surface area (Å²) in [5.41, 5.74) is 5.13. The molecule has 10 nitrogen and oxygen atoms in total. The predicted octanol–water partition coefficient (Wildman–Crippen LogP) is 2.93. The van der Waals surface area contributed by atoms with Gasteiger partial charge in [0.25, 0.3) is 0 Å². The Bertz CT molecular complexity index is 1050. The molecule has 37 heavy (non-hydrogen) atoms. The quantitative estimate of drug-likeness (QED) is 0.614. The molecule has 0 bridgehead atoms. The zero-order chi connectivity index (χ0) is 27.1. The van der Waals surface area contributed by atoms with Crippen LogP contribution < -0.4 is 20.5 Å². The third-order valence-corrected chi connectivity index (χ3v) is 7.41. The van der Waals surface area contributed by atoms with Crippen LogP contribution in [0.2, 0.25) is 0 Å². The van der Waals surface area contributed by atoms with E-state index in [0.717, 1.165) is 17.7 Å². The van der Waals surface area contributed by atoms with E-state index < -0.39 is 29.2 Å². The van der Waals surface area contributed by atoms with E-state index in [1.165, 1.54) is 0 Å². The molecule has 3 aliphatic rings. The number of primary amides is 1. The summed E-state index contributed by atoms with van der Waals surface area (Å²) in [6.45, 7) is 10.2. The highest BCUT2D eigenvalue weighted by Gasteiger charge is 2.52. The van der Waals surface area contributed by atoms with Crippen molar-refractivity contribution < 1.29 is 33.3 Å². The highest BCUT2D eigenvalue weighted by atomic mass is 16.6. The molecular weight excluding hydrogens is 478 g/mol. The van der Waals surface area contributed by atoms with Crippen LogP contribution in [0.3, 0.4) is 0 Å². The number of ether oxygens (including phenoxy) is 4. The van der Waals surface area contributed by atoms with Gasteiger partial charge in [0.2, 0.25) is 11.8 Å². The largest absolute Gasteiger partial charge is 0.493 e. The number of nitrogens with zero attached hydrogens (tertiary/aromatic N) is 1. The standard InChI is InChI=1S/C27H39N3O7/c1-26(2,3)37-25(33)29-18(13-21(28)31)24(32)30-11-10-19-15(14-30)12-17-22(35-19)16-8-7-9-20(34-6)23(16)36-27(17,4)5/h7-9,15,17-19,22H,10-14H2,1-6H3,(H2,28,31)(H,29,33)/t15-,17+,18-,19+,22-/m0/s1. The number of hydrogen-bond acceptors (Lipinski definition) is 7. The van der Waals surface area contributed by atoms with Crippen LogP contribution in [0.15, 0.2) is 18.2 Å². The molecule has 0 unspecified atom stereocenters. The van der Waals surface area contributed by atoms with Crippen molar-refractivity contribution >= 4 is 17.9 Å². The van der Waals surface area contributed by atoms with Gasteiger partial charge in [0.1, 0.15) is 17.2 Å². The molecular formula is C27H39N3O7. The van der Waals surface area contributed by atoms with Crippen LogP contribution in [0, 0.1) is 11.8 Å². The van der Waals surface area contributed by atoms with Crippen LogP contribution in [-0.2, 0) is 19.1 Å². The number of rotatable bonds is 5. The van der Waals surface area contributed by atoms with Gasteiger partial charge in [-0.15, -0.1) is 0 Å². The Morgan fingerprint density at radius 3 is 2.65 bits per heavy atom. The maximum Gasteiger partial charge on any atom is 0.408 e. The minimum absolute atomic E-state index is 0.0216. The minimum atomic E-state index is -1.09. The molecule has 1 aromatic rings. The van der Waals surface area contributed by atoms with Gasteiger partial charge in [-0.2, -0.15) is 0 Å². The van der Waals surface area contributed by atoms with Gasteiger partial charge >= 0.3 is 6.09 Å². The monoisotopic (exact) mass is 517 g/mol. The number of carbonyl (C=O) groups is 3.